The molecule has 2 aromatic heterocycles. The van der Waals surface area contributed by atoms with Crippen molar-refractivity contribution < 1.29 is 14.3 Å². The van der Waals surface area contributed by atoms with Gasteiger partial charge in [0.15, 0.2) is 5.78 Å². The molecule has 0 spiro atoms. The van der Waals surface area contributed by atoms with E-state index in [0.29, 0.717) is 22.6 Å². The van der Waals surface area contributed by atoms with Gasteiger partial charge in [0.25, 0.3) is 5.91 Å². The Bertz CT molecular complexity index is 901. The van der Waals surface area contributed by atoms with E-state index < -0.39 is 6.04 Å². The van der Waals surface area contributed by atoms with Crippen LogP contribution in [0, 0.1) is 0 Å². The first-order valence-corrected chi connectivity index (χ1v) is 8.31. The van der Waals surface area contributed by atoms with Gasteiger partial charge in [-0.1, -0.05) is 12.1 Å². The van der Waals surface area contributed by atoms with Gasteiger partial charge in [0.2, 0.25) is 0 Å². The van der Waals surface area contributed by atoms with E-state index >= 15 is 0 Å². The number of nitrogens with one attached hydrogen (secondary N) is 2. The summed E-state index contributed by atoms with van der Waals surface area (Å²) < 4.78 is 5.57. The molecule has 1 aliphatic rings. The quantitative estimate of drug-likeness (QED) is 0.768. The number of hydrogen-bond acceptors (Lipinski definition) is 5. The van der Waals surface area contributed by atoms with Crippen LogP contribution in [-0.2, 0) is 0 Å². The summed E-state index contributed by atoms with van der Waals surface area (Å²) in [5.41, 5.74) is 2.41. The Morgan fingerprint density at radius 3 is 3.04 bits per heavy atom. The van der Waals surface area contributed by atoms with E-state index in [0.717, 1.165) is 5.56 Å². The summed E-state index contributed by atoms with van der Waals surface area (Å²) in [6, 6.07) is 8.22. The number of benzene rings is 1. The van der Waals surface area contributed by atoms with Gasteiger partial charge in [-0.2, -0.15) is 16.4 Å². The lowest BCUT2D eigenvalue weighted by Crippen LogP contribution is -2.47. The van der Waals surface area contributed by atoms with Crippen LogP contribution in [-0.4, -0.2) is 34.5 Å². The van der Waals surface area contributed by atoms with Crippen molar-refractivity contribution in [3.05, 3.63) is 58.4 Å². The minimum Gasteiger partial charge on any atom is -0.490 e. The number of Topliss-reactive ketones (excluding diaryl/α,β-unsaturated/α-hetero) is 1. The zero-order valence-electron chi connectivity index (χ0n) is 12.5. The van der Waals surface area contributed by atoms with Gasteiger partial charge in [-0.15, -0.1) is 0 Å². The number of hydrogen-bond donors (Lipinski definition) is 2. The van der Waals surface area contributed by atoms with E-state index in [2.05, 4.69) is 15.5 Å². The number of nitrogens with zero attached hydrogens (tertiary/aromatic N) is 1. The van der Waals surface area contributed by atoms with Crippen molar-refractivity contribution in [3.8, 4) is 17.0 Å². The van der Waals surface area contributed by atoms with Crippen LogP contribution in [0.3, 0.4) is 0 Å². The molecule has 0 bridgehead atoms. The minimum absolute atomic E-state index is 0.118. The maximum absolute atomic E-state index is 12.6. The summed E-state index contributed by atoms with van der Waals surface area (Å²) >= 11 is 1.53. The lowest BCUT2D eigenvalue weighted by Gasteiger charge is -2.24. The normalized spacial score (nSPS) is 16.3. The Hall–Kier alpha value is -2.93. The number of amides is 1. The van der Waals surface area contributed by atoms with Gasteiger partial charge < -0.3 is 10.1 Å². The van der Waals surface area contributed by atoms with Gasteiger partial charge in [-0.05, 0) is 23.6 Å². The van der Waals surface area contributed by atoms with Gasteiger partial charge in [0, 0.05) is 10.9 Å². The zero-order chi connectivity index (χ0) is 16.5. The SMILES string of the molecule is O=C(N[C@H]1COc2ccccc2C1=O)c1cn[nH]c1-c1ccsc1. The van der Waals surface area contributed by atoms with E-state index in [4.69, 9.17) is 4.74 Å². The van der Waals surface area contributed by atoms with Gasteiger partial charge >= 0.3 is 0 Å². The summed E-state index contributed by atoms with van der Waals surface area (Å²) in [6.07, 6.45) is 1.46. The average molecular weight is 339 g/mol. The Morgan fingerprint density at radius 1 is 1.33 bits per heavy atom. The minimum atomic E-state index is -0.711. The van der Waals surface area contributed by atoms with Crippen molar-refractivity contribution in [2.24, 2.45) is 0 Å². The maximum atomic E-state index is 12.6. The average Bonchev–Trinajstić information content (AvgIpc) is 3.28. The highest BCUT2D eigenvalue weighted by Crippen LogP contribution is 2.26. The van der Waals surface area contributed by atoms with E-state index in [-0.39, 0.29) is 18.3 Å². The number of H-pyrrole nitrogens is 1. The highest BCUT2D eigenvalue weighted by Gasteiger charge is 2.30. The standard InChI is InChI=1S/C17H13N3O3S/c21-16-11-3-1-2-4-14(11)23-8-13(16)19-17(22)12-7-18-20-15(12)10-5-6-24-9-10/h1-7,9,13H,8H2,(H,18,20)(H,19,22)/t13-/m0/s1. The first-order chi connectivity index (χ1) is 11.7. The van der Waals surface area contributed by atoms with Gasteiger partial charge in [-0.3, -0.25) is 14.7 Å². The molecule has 0 radical (unpaired) electrons. The summed E-state index contributed by atoms with van der Waals surface area (Å²) in [5.74, 6) is 0.0485. The summed E-state index contributed by atoms with van der Waals surface area (Å²) in [4.78, 5) is 25.1. The smallest absolute Gasteiger partial charge is 0.255 e. The molecular formula is C17H13N3O3S. The summed E-state index contributed by atoms with van der Waals surface area (Å²) in [7, 11) is 0. The number of para-hydroxylation sites is 1. The zero-order valence-corrected chi connectivity index (χ0v) is 13.3. The second-order valence-electron chi connectivity index (χ2n) is 5.37. The summed E-state index contributed by atoms with van der Waals surface area (Å²) in [5, 5.41) is 13.4. The predicted molar refractivity (Wildman–Crippen MR) is 89.4 cm³/mol. The fourth-order valence-electron chi connectivity index (χ4n) is 2.66. The number of aromatic amines is 1. The molecule has 3 aromatic rings. The first-order valence-electron chi connectivity index (χ1n) is 7.37. The molecule has 0 saturated heterocycles. The molecule has 120 valence electrons. The molecule has 1 atom stereocenters. The van der Waals surface area contributed by atoms with Crippen LogP contribution in [0.5, 0.6) is 5.75 Å². The van der Waals surface area contributed by atoms with Crippen LogP contribution in [0.4, 0.5) is 0 Å². The van der Waals surface area contributed by atoms with Crippen LogP contribution in [0.25, 0.3) is 11.3 Å². The van der Waals surface area contributed by atoms with Crippen LogP contribution >= 0.6 is 11.3 Å². The van der Waals surface area contributed by atoms with Gasteiger partial charge in [-0.25, -0.2) is 0 Å². The molecule has 3 heterocycles. The number of fused-ring (bicyclic) bond motifs is 1. The van der Waals surface area contributed by atoms with E-state index in [1.807, 2.05) is 22.9 Å². The first kappa shape index (κ1) is 14.6. The largest absolute Gasteiger partial charge is 0.490 e. The lowest BCUT2D eigenvalue weighted by atomic mass is 10.0. The van der Waals surface area contributed by atoms with Crippen LogP contribution in [0.1, 0.15) is 20.7 Å². The van der Waals surface area contributed by atoms with Crippen molar-refractivity contribution in [3.63, 3.8) is 0 Å². The van der Waals surface area contributed by atoms with E-state index in [1.54, 1.807) is 18.2 Å². The molecule has 1 aliphatic heterocycles. The maximum Gasteiger partial charge on any atom is 0.255 e. The highest BCUT2D eigenvalue weighted by atomic mass is 32.1. The second kappa shape index (κ2) is 5.93. The number of carbonyl (C=O) groups excluding carboxylic acids is 2. The van der Waals surface area contributed by atoms with Crippen molar-refractivity contribution in [2.75, 3.05) is 6.61 Å². The van der Waals surface area contributed by atoms with Crippen molar-refractivity contribution in [2.45, 2.75) is 6.04 Å². The molecule has 7 heteroatoms. The Kier molecular flexibility index (Phi) is 3.62. The molecule has 24 heavy (non-hydrogen) atoms. The molecular weight excluding hydrogens is 326 g/mol. The van der Waals surface area contributed by atoms with Crippen LogP contribution in [0.2, 0.25) is 0 Å². The molecule has 0 saturated carbocycles. The third-order valence-electron chi connectivity index (χ3n) is 3.87. The molecule has 0 aliphatic carbocycles. The Morgan fingerprint density at radius 2 is 2.21 bits per heavy atom. The molecule has 0 fully saturated rings. The highest BCUT2D eigenvalue weighted by molar-refractivity contribution is 7.08. The number of thiophene rings is 1. The summed E-state index contributed by atoms with van der Waals surface area (Å²) in [6.45, 7) is 0.118. The topological polar surface area (TPSA) is 84.1 Å². The van der Waals surface area contributed by atoms with Crippen molar-refractivity contribution >= 4 is 23.0 Å². The van der Waals surface area contributed by atoms with Gasteiger partial charge in [0.1, 0.15) is 18.4 Å². The monoisotopic (exact) mass is 339 g/mol. The predicted octanol–water partition coefficient (Wildman–Crippen LogP) is 2.51. The molecule has 1 amide bonds. The van der Waals surface area contributed by atoms with Crippen LogP contribution in [0.15, 0.2) is 47.3 Å². The Labute approximate surface area is 141 Å². The number of ketones is 1. The molecule has 4 rings (SSSR count). The van der Waals surface area contributed by atoms with Crippen LogP contribution < -0.4 is 10.1 Å². The number of carbonyl (C=O) groups is 2. The van der Waals surface area contributed by atoms with Gasteiger partial charge in [0.05, 0.1) is 23.0 Å². The Balaban J connectivity index is 1.56. The lowest BCUT2D eigenvalue weighted by molar-refractivity contribution is 0.0795. The number of aromatic nitrogens is 2. The number of ether oxygens (including phenoxy) is 1. The fraction of sp³-hybridized carbons (Fsp3) is 0.118. The van der Waals surface area contributed by atoms with E-state index in [1.165, 1.54) is 17.5 Å². The number of rotatable bonds is 3. The molecule has 0 unspecified atom stereocenters. The van der Waals surface area contributed by atoms with Crippen molar-refractivity contribution in [1.29, 1.82) is 0 Å². The third-order valence-corrected chi connectivity index (χ3v) is 4.56. The van der Waals surface area contributed by atoms with Crippen molar-refractivity contribution in [1.82, 2.24) is 15.5 Å². The second-order valence-corrected chi connectivity index (χ2v) is 6.15. The molecule has 1 aromatic carbocycles. The fourth-order valence-corrected chi connectivity index (χ4v) is 3.31. The third kappa shape index (κ3) is 2.48. The van der Waals surface area contributed by atoms with E-state index in [9.17, 15) is 9.59 Å². The molecule has 6 nitrogen and oxygen atoms in total. The molecule has 2 N–H and O–H groups in total.